The van der Waals surface area contributed by atoms with Crippen molar-refractivity contribution < 1.29 is 24.5 Å². The number of rotatable bonds is 67. The zero-order chi connectivity index (χ0) is 57.1. The Morgan fingerprint density at radius 1 is 0.354 bits per heavy atom. The van der Waals surface area contributed by atoms with Crippen LogP contribution in [-0.2, 0) is 14.3 Å². The zero-order valence-electron chi connectivity index (χ0n) is 53.4. The second-order valence-electron chi connectivity index (χ2n) is 24.6. The predicted molar refractivity (Wildman–Crippen MR) is 347 cm³/mol. The normalized spacial score (nSPS) is 12.7. The van der Waals surface area contributed by atoms with Crippen molar-refractivity contribution in [3.8, 4) is 0 Å². The summed E-state index contributed by atoms with van der Waals surface area (Å²) >= 11 is 0. The molecule has 0 aromatic rings. The highest BCUT2D eigenvalue weighted by atomic mass is 16.5. The smallest absolute Gasteiger partial charge is 0.305 e. The lowest BCUT2D eigenvalue weighted by atomic mass is 10.0. The standard InChI is InChI=1S/C73H139NO5/c1-3-5-7-9-11-13-15-17-19-21-22-23-24-27-30-34-37-41-45-49-53-57-61-65-71(76)70(69-75)74-72(77)66-62-58-54-50-46-42-38-35-31-28-25-26-29-32-36-40-44-48-52-56-60-64-68-79-73(78)67-63-59-55-51-47-43-39-33-20-18-16-14-12-10-8-6-4-2/h12,14,18,20,28,31,70-71,75-76H,3-11,13,15-17,19,21-27,29-30,32-69H2,1-2H3,(H,74,77)/b14-12-,20-18-,31-28-. The number of ether oxygens (including phenoxy) is 1. The first-order valence-corrected chi connectivity index (χ1v) is 35.7. The van der Waals surface area contributed by atoms with Gasteiger partial charge >= 0.3 is 5.97 Å². The molecule has 0 radical (unpaired) electrons. The predicted octanol–water partition coefficient (Wildman–Crippen LogP) is 23.1. The van der Waals surface area contributed by atoms with Crippen LogP contribution in [0, 0.1) is 0 Å². The van der Waals surface area contributed by atoms with Gasteiger partial charge < -0.3 is 20.3 Å². The van der Waals surface area contributed by atoms with E-state index >= 15 is 0 Å². The van der Waals surface area contributed by atoms with Gasteiger partial charge in [0, 0.05) is 12.8 Å². The summed E-state index contributed by atoms with van der Waals surface area (Å²) < 4.78 is 5.49. The number of hydrogen-bond acceptors (Lipinski definition) is 5. The highest BCUT2D eigenvalue weighted by Crippen LogP contribution is 2.19. The van der Waals surface area contributed by atoms with Crippen molar-refractivity contribution in [3.63, 3.8) is 0 Å². The van der Waals surface area contributed by atoms with Gasteiger partial charge in [-0.15, -0.1) is 0 Å². The minimum absolute atomic E-state index is 0.00295. The number of aliphatic hydroxyl groups excluding tert-OH is 2. The number of nitrogens with one attached hydrogen (secondary N) is 1. The summed E-state index contributed by atoms with van der Waals surface area (Å²) in [5.41, 5.74) is 0. The first-order chi connectivity index (χ1) is 39.0. The van der Waals surface area contributed by atoms with Gasteiger partial charge in [0.15, 0.2) is 0 Å². The number of esters is 1. The molecule has 0 aliphatic rings. The molecule has 0 spiro atoms. The second kappa shape index (κ2) is 68.6. The molecular weight excluding hydrogens is 971 g/mol. The zero-order valence-corrected chi connectivity index (χ0v) is 53.4. The van der Waals surface area contributed by atoms with Crippen LogP contribution < -0.4 is 5.32 Å². The van der Waals surface area contributed by atoms with Crippen LogP contribution in [0.5, 0.6) is 0 Å². The first kappa shape index (κ1) is 77.1. The molecular formula is C73H139NO5. The van der Waals surface area contributed by atoms with E-state index in [9.17, 15) is 19.8 Å². The van der Waals surface area contributed by atoms with Crippen molar-refractivity contribution >= 4 is 11.9 Å². The average molecular weight is 1110 g/mol. The van der Waals surface area contributed by atoms with E-state index in [4.69, 9.17) is 4.74 Å². The quantitative estimate of drug-likeness (QED) is 0.0320. The van der Waals surface area contributed by atoms with Gasteiger partial charge in [-0.3, -0.25) is 9.59 Å². The molecule has 0 aromatic heterocycles. The van der Waals surface area contributed by atoms with Crippen molar-refractivity contribution in [2.45, 2.75) is 405 Å². The molecule has 0 rings (SSSR count). The number of allylic oxidation sites excluding steroid dienone is 6. The molecule has 6 heteroatoms. The Morgan fingerprint density at radius 3 is 1.00 bits per heavy atom. The molecule has 1 amide bonds. The molecule has 466 valence electrons. The minimum atomic E-state index is -0.671. The van der Waals surface area contributed by atoms with E-state index in [1.165, 1.54) is 308 Å². The number of amides is 1. The van der Waals surface area contributed by atoms with Crippen molar-refractivity contribution in [2.75, 3.05) is 13.2 Å². The number of unbranched alkanes of at least 4 members (excludes halogenated alkanes) is 50. The molecule has 6 nitrogen and oxygen atoms in total. The lowest BCUT2D eigenvalue weighted by molar-refractivity contribution is -0.143. The van der Waals surface area contributed by atoms with E-state index in [-0.39, 0.29) is 18.5 Å². The summed E-state index contributed by atoms with van der Waals surface area (Å²) in [6.07, 6.45) is 87.6. The molecule has 0 saturated carbocycles. The highest BCUT2D eigenvalue weighted by molar-refractivity contribution is 5.76. The van der Waals surface area contributed by atoms with E-state index < -0.39 is 12.1 Å². The minimum Gasteiger partial charge on any atom is -0.466 e. The van der Waals surface area contributed by atoms with Crippen molar-refractivity contribution in [1.82, 2.24) is 5.32 Å². The van der Waals surface area contributed by atoms with Gasteiger partial charge in [0.05, 0.1) is 25.4 Å². The molecule has 0 bridgehead atoms. The first-order valence-electron chi connectivity index (χ1n) is 35.7. The molecule has 0 aliphatic heterocycles. The van der Waals surface area contributed by atoms with Gasteiger partial charge in [0.2, 0.25) is 5.91 Å². The van der Waals surface area contributed by atoms with Crippen molar-refractivity contribution in [1.29, 1.82) is 0 Å². The fourth-order valence-electron chi connectivity index (χ4n) is 11.2. The van der Waals surface area contributed by atoms with Gasteiger partial charge in [-0.05, 0) is 83.5 Å². The largest absolute Gasteiger partial charge is 0.466 e. The summed E-state index contributed by atoms with van der Waals surface area (Å²) in [5.74, 6) is -0.0350. The molecule has 0 fully saturated rings. The molecule has 0 heterocycles. The molecule has 0 saturated heterocycles. The molecule has 0 aromatic carbocycles. The molecule has 2 unspecified atom stereocenters. The Balaban J connectivity index is 3.41. The third-order valence-electron chi connectivity index (χ3n) is 16.7. The lowest BCUT2D eigenvalue weighted by Gasteiger charge is -2.22. The van der Waals surface area contributed by atoms with E-state index in [1.54, 1.807) is 0 Å². The Morgan fingerprint density at radius 2 is 0.633 bits per heavy atom. The lowest BCUT2D eigenvalue weighted by Crippen LogP contribution is -2.45. The Hall–Kier alpha value is -1.92. The van der Waals surface area contributed by atoms with Crippen LogP contribution >= 0.6 is 0 Å². The number of carbonyl (C=O) groups is 2. The fourth-order valence-corrected chi connectivity index (χ4v) is 11.2. The number of hydrogen-bond donors (Lipinski definition) is 3. The molecule has 3 N–H and O–H groups in total. The Bertz CT molecular complexity index is 1280. The SMILES string of the molecule is CCCCC/C=C\C/C=C\CCCCCCCCCC(=O)OCCCCCCCCCCCCC/C=C\CCCCCCCCCC(=O)NC(CO)C(O)CCCCCCCCCCCCCCCCCCCCCCCCC. The molecule has 79 heavy (non-hydrogen) atoms. The molecule has 2 atom stereocenters. The van der Waals surface area contributed by atoms with E-state index in [0.717, 1.165) is 51.4 Å². The van der Waals surface area contributed by atoms with Crippen LogP contribution in [-0.4, -0.2) is 47.4 Å². The van der Waals surface area contributed by atoms with Gasteiger partial charge in [0.1, 0.15) is 0 Å². The monoisotopic (exact) mass is 1110 g/mol. The second-order valence-corrected chi connectivity index (χ2v) is 24.6. The van der Waals surface area contributed by atoms with Crippen LogP contribution in [0.3, 0.4) is 0 Å². The number of aliphatic hydroxyl groups is 2. The maximum Gasteiger partial charge on any atom is 0.305 e. The van der Waals surface area contributed by atoms with Gasteiger partial charge in [-0.1, -0.05) is 333 Å². The van der Waals surface area contributed by atoms with Gasteiger partial charge in [-0.2, -0.15) is 0 Å². The summed E-state index contributed by atoms with van der Waals surface area (Å²) in [6.45, 7) is 4.95. The highest BCUT2D eigenvalue weighted by Gasteiger charge is 2.20. The van der Waals surface area contributed by atoms with Crippen molar-refractivity contribution in [2.24, 2.45) is 0 Å². The maximum atomic E-state index is 12.6. The Labute approximate surface area is 494 Å². The van der Waals surface area contributed by atoms with Crippen LogP contribution in [0.2, 0.25) is 0 Å². The summed E-state index contributed by atoms with van der Waals surface area (Å²) in [5, 5.41) is 23.4. The number of carbonyl (C=O) groups excluding carboxylic acids is 2. The summed E-state index contributed by atoms with van der Waals surface area (Å²) in [7, 11) is 0. The van der Waals surface area contributed by atoms with Crippen LogP contribution in [0.25, 0.3) is 0 Å². The third kappa shape index (κ3) is 65.1. The average Bonchev–Trinajstić information content (AvgIpc) is 3.45. The van der Waals surface area contributed by atoms with Gasteiger partial charge in [0.25, 0.3) is 0 Å². The fraction of sp³-hybridized carbons (Fsp3) is 0.890. The summed E-state index contributed by atoms with van der Waals surface area (Å²) in [4.78, 5) is 24.6. The van der Waals surface area contributed by atoms with Gasteiger partial charge in [-0.25, -0.2) is 0 Å². The van der Waals surface area contributed by atoms with Crippen molar-refractivity contribution in [3.05, 3.63) is 36.5 Å². The molecule has 0 aliphatic carbocycles. The van der Waals surface area contributed by atoms with E-state index in [1.807, 2.05) is 0 Å². The maximum absolute atomic E-state index is 12.6. The van der Waals surface area contributed by atoms with Crippen LogP contribution in [0.4, 0.5) is 0 Å². The van der Waals surface area contributed by atoms with Crippen LogP contribution in [0.15, 0.2) is 36.5 Å². The Kier molecular flexibility index (Phi) is 66.9. The topological polar surface area (TPSA) is 95.9 Å². The van der Waals surface area contributed by atoms with E-state index in [0.29, 0.717) is 25.9 Å². The summed E-state index contributed by atoms with van der Waals surface area (Å²) in [6, 6.07) is -0.549. The van der Waals surface area contributed by atoms with Crippen LogP contribution in [0.1, 0.15) is 393 Å². The third-order valence-corrected chi connectivity index (χ3v) is 16.7. The van der Waals surface area contributed by atoms with E-state index in [2.05, 4.69) is 55.6 Å².